The van der Waals surface area contributed by atoms with Crippen LogP contribution in [0.25, 0.3) is 0 Å². The first-order valence-corrected chi connectivity index (χ1v) is 7.86. The highest BCUT2D eigenvalue weighted by Gasteiger charge is 2.39. The van der Waals surface area contributed by atoms with E-state index in [9.17, 15) is 18.5 Å². The molecule has 2 rings (SSSR count). The molecule has 0 spiro atoms. The van der Waals surface area contributed by atoms with E-state index in [1.54, 1.807) is 0 Å². The average Bonchev–Trinajstić information content (AvgIpc) is 2.33. The fraction of sp³-hybridized carbons (Fsp3) is 0.500. The highest BCUT2D eigenvalue weighted by Crippen LogP contribution is 2.36. The summed E-state index contributed by atoms with van der Waals surface area (Å²) in [6.07, 6.45) is 3.30. The van der Waals surface area contributed by atoms with Crippen molar-refractivity contribution in [2.75, 3.05) is 5.73 Å². The van der Waals surface area contributed by atoms with Crippen LogP contribution in [0.1, 0.15) is 32.6 Å². The first kappa shape index (κ1) is 14.7. The maximum Gasteiger partial charge on any atom is 0.271 e. The van der Waals surface area contributed by atoms with Crippen molar-refractivity contribution in [2.45, 2.75) is 43.0 Å². The minimum absolute atomic E-state index is 0.108. The van der Waals surface area contributed by atoms with E-state index in [1.165, 1.54) is 6.07 Å². The van der Waals surface area contributed by atoms with E-state index in [4.69, 9.17) is 5.73 Å². The number of nitrogens with one attached hydrogen (secondary N) is 1. The summed E-state index contributed by atoms with van der Waals surface area (Å²) in [5.41, 5.74) is 4.91. The van der Waals surface area contributed by atoms with Gasteiger partial charge in [-0.05, 0) is 31.7 Å². The molecular weight excluding hydrogens is 282 g/mol. The van der Waals surface area contributed by atoms with Crippen molar-refractivity contribution in [3.05, 3.63) is 28.3 Å². The number of nitro benzene ring substituents is 1. The Hall–Kier alpha value is -1.67. The van der Waals surface area contributed by atoms with Crippen LogP contribution in [-0.4, -0.2) is 18.9 Å². The highest BCUT2D eigenvalue weighted by molar-refractivity contribution is 7.89. The van der Waals surface area contributed by atoms with Gasteiger partial charge < -0.3 is 5.73 Å². The van der Waals surface area contributed by atoms with Crippen LogP contribution in [-0.2, 0) is 10.0 Å². The third-order valence-electron chi connectivity index (χ3n) is 3.83. The zero-order valence-corrected chi connectivity index (χ0v) is 11.9. The molecule has 7 nitrogen and oxygen atoms in total. The molecule has 8 heteroatoms. The van der Waals surface area contributed by atoms with Gasteiger partial charge in [0.1, 0.15) is 4.90 Å². The number of nitrogens with two attached hydrogens (primary N) is 1. The number of hydrogen-bond acceptors (Lipinski definition) is 5. The lowest BCUT2D eigenvalue weighted by atomic mass is 9.76. The van der Waals surface area contributed by atoms with Crippen molar-refractivity contribution < 1.29 is 13.3 Å². The molecule has 1 saturated carbocycles. The molecule has 0 atom stereocenters. The molecule has 3 N–H and O–H groups in total. The second kappa shape index (κ2) is 5.02. The van der Waals surface area contributed by atoms with Gasteiger partial charge >= 0.3 is 0 Å². The molecule has 0 amide bonds. The van der Waals surface area contributed by atoms with Crippen molar-refractivity contribution in [3.63, 3.8) is 0 Å². The van der Waals surface area contributed by atoms with Gasteiger partial charge in [-0.25, -0.2) is 13.1 Å². The molecule has 0 radical (unpaired) electrons. The highest BCUT2D eigenvalue weighted by atomic mass is 32.2. The van der Waals surface area contributed by atoms with Gasteiger partial charge in [0.25, 0.3) is 5.69 Å². The zero-order valence-electron chi connectivity index (χ0n) is 11.1. The minimum atomic E-state index is -3.76. The Kier molecular flexibility index (Phi) is 3.70. The van der Waals surface area contributed by atoms with Gasteiger partial charge in [-0.3, -0.25) is 10.1 Å². The Morgan fingerprint density at radius 2 is 2.10 bits per heavy atom. The summed E-state index contributed by atoms with van der Waals surface area (Å²) in [6, 6.07) is 3.39. The number of nitrogen functional groups attached to an aromatic ring is 1. The molecule has 0 saturated heterocycles. The summed E-state index contributed by atoms with van der Waals surface area (Å²) in [6.45, 7) is 1.93. The topological polar surface area (TPSA) is 115 Å². The summed E-state index contributed by atoms with van der Waals surface area (Å²) < 4.78 is 27.4. The molecule has 1 aliphatic rings. The molecule has 20 heavy (non-hydrogen) atoms. The third-order valence-corrected chi connectivity index (χ3v) is 5.48. The van der Waals surface area contributed by atoms with Crippen LogP contribution in [0.4, 0.5) is 11.4 Å². The van der Waals surface area contributed by atoms with Gasteiger partial charge in [0.05, 0.1) is 10.6 Å². The average molecular weight is 299 g/mol. The monoisotopic (exact) mass is 299 g/mol. The van der Waals surface area contributed by atoms with E-state index in [0.29, 0.717) is 6.42 Å². The lowest BCUT2D eigenvalue weighted by Crippen LogP contribution is -2.52. The molecular formula is C12H17N3O4S. The van der Waals surface area contributed by atoms with Crippen LogP contribution < -0.4 is 10.5 Å². The van der Waals surface area contributed by atoms with E-state index < -0.39 is 20.5 Å². The summed E-state index contributed by atoms with van der Waals surface area (Å²) in [7, 11) is -3.76. The Balaban J connectivity index is 2.32. The van der Waals surface area contributed by atoms with Gasteiger partial charge in [0, 0.05) is 17.7 Å². The van der Waals surface area contributed by atoms with Crippen molar-refractivity contribution >= 4 is 21.4 Å². The second-order valence-electron chi connectivity index (χ2n) is 5.07. The maximum atomic E-state index is 12.3. The number of rotatable bonds is 5. The van der Waals surface area contributed by atoms with Crippen molar-refractivity contribution in [2.24, 2.45) is 0 Å². The van der Waals surface area contributed by atoms with Gasteiger partial charge in [0.2, 0.25) is 10.0 Å². The maximum absolute atomic E-state index is 12.3. The number of nitrogens with zero attached hydrogens (tertiary/aromatic N) is 1. The van der Waals surface area contributed by atoms with Gasteiger partial charge in [-0.15, -0.1) is 0 Å². The van der Waals surface area contributed by atoms with Gasteiger partial charge in [-0.1, -0.05) is 6.92 Å². The molecule has 1 aromatic carbocycles. The SMILES string of the molecule is CCC1(NS(=O)(=O)c2ccc([N+](=O)[O-])cc2N)CCC1. The van der Waals surface area contributed by atoms with E-state index in [2.05, 4.69) is 4.72 Å². The van der Waals surface area contributed by atoms with E-state index in [0.717, 1.165) is 31.4 Å². The van der Waals surface area contributed by atoms with Gasteiger partial charge in [0.15, 0.2) is 0 Å². The van der Waals surface area contributed by atoms with Crippen LogP contribution in [0, 0.1) is 10.1 Å². The van der Waals surface area contributed by atoms with Crippen LogP contribution in [0.15, 0.2) is 23.1 Å². The van der Waals surface area contributed by atoms with E-state index in [-0.39, 0.29) is 16.3 Å². The molecule has 1 fully saturated rings. The molecule has 0 unspecified atom stereocenters. The van der Waals surface area contributed by atoms with Crippen LogP contribution in [0.3, 0.4) is 0 Å². The Morgan fingerprint density at radius 3 is 2.50 bits per heavy atom. The minimum Gasteiger partial charge on any atom is -0.397 e. The summed E-state index contributed by atoms with van der Waals surface area (Å²) >= 11 is 0. The molecule has 0 aromatic heterocycles. The number of nitro groups is 1. The van der Waals surface area contributed by atoms with Crippen LogP contribution in [0.5, 0.6) is 0 Å². The lowest BCUT2D eigenvalue weighted by molar-refractivity contribution is -0.384. The Bertz CT molecular complexity index is 633. The molecule has 1 aliphatic carbocycles. The number of non-ortho nitro benzene ring substituents is 1. The van der Waals surface area contributed by atoms with Gasteiger partial charge in [-0.2, -0.15) is 0 Å². The smallest absolute Gasteiger partial charge is 0.271 e. The molecule has 1 aromatic rings. The quantitative estimate of drug-likeness (QED) is 0.488. The number of anilines is 1. The predicted octanol–water partition coefficient (Wildman–Crippen LogP) is 1.79. The van der Waals surface area contributed by atoms with E-state index in [1.807, 2.05) is 6.92 Å². The number of sulfonamides is 1. The normalized spacial score (nSPS) is 17.4. The molecule has 0 bridgehead atoms. The first-order chi connectivity index (χ1) is 9.30. The fourth-order valence-corrected chi connectivity index (χ4v) is 4.01. The lowest BCUT2D eigenvalue weighted by Gasteiger charge is -2.41. The van der Waals surface area contributed by atoms with Crippen LogP contribution in [0.2, 0.25) is 0 Å². The number of benzene rings is 1. The summed E-state index contributed by atoms with van der Waals surface area (Å²) in [4.78, 5) is 9.91. The Labute approximate surface area is 117 Å². The fourth-order valence-electron chi connectivity index (χ4n) is 2.37. The zero-order chi connectivity index (χ0) is 15.0. The molecule has 0 heterocycles. The number of hydrogen-bond donors (Lipinski definition) is 2. The summed E-state index contributed by atoms with van der Waals surface area (Å²) in [5, 5.41) is 10.6. The van der Waals surface area contributed by atoms with Crippen molar-refractivity contribution in [1.82, 2.24) is 4.72 Å². The second-order valence-corrected chi connectivity index (χ2v) is 6.72. The standard InChI is InChI=1S/C12H17N3O4S/c1-2-12(6-3-7-12)14-20(18,19)11-5-4-9(15(16)17)8-10(11)13/h4-5,8,14H,2-3,6-7,13H2,1H3. The molecule has 0 aliphatic heterocycles. The van der Waals surface area contributed by atoms with E-state index >= 15 is 0 Å². The van der Waals surface area contributed by atoms with Crippen LogP contribution >= 0.6 is 0 Å². The third kappa shape index (κ3) is 2.61. The summed E-state index contributed by atoms with van der Waals surface area (Å²) in [5.74, 6) is 0. The predicted molar refractivity (Wildman–Crippen MR) is 74.7 cm³/mol. The van der Waals surface area contributed by atoms with Crippen molar-refractivity contribution in [1.29, 1.82) is 0 Å². The van der Waals surface area contributed by atoms with Crippen molar-refractivity contribution in [3.8, 4) is 0 Å². The first-order valence-electron chi connectivity index (χ1n) is 6.37. The molecule has 110 valence electrons. The Morgan fingerprint density at radius 1 is 1.45 bits per heavy atom. The largest absolute Gasteiger partial charge is 0.397 e.